The van der Waals surface area contributed by atoms with Gasteiger partial charge in [-0.3, -0.25) is 9.78 Å². The van der Waals surface area contributed by atoms with E-state index < -0.39 is 0 Å². The fourth-order valence-corrected chi connectivity index (χ4v) is 3.29. The fourth-order valence-electron chi connectivity index (χ4n) is 3.29. The van der Waals surface area contributed by atoms with E-state index in [1.807, 2.05) is 6.07 Å². The van der Waals surface area contributed by atoms with E-state index in [1.165, 1.54) is 5.56 Å². The Morgan fingerprint density at radius 3 is 2.68 bits per heavy atom. The topological polar surface area (TPSA) is 58.1 Å². The molecule has 1 fully saturated rings. The molecule has 0 aliphatic carbocycles. The zero-order chi connectivity index (χ0) is 17.5. The molecule has 0 radical (unpaired) electrons. The number of anilines is 1. The van der Waals surface area contributed by atoms with Gasteiger partial charge in [-0.2, -0.15) is 0 Å². The Kier molecular flexibility index (Phi) is 5.99. The Bertz CT molecular complexity index is 654. The number of rotatable bonds is 6. The SMILES string of the molecule is CC(CCc1ccccc1)NC(=O)C1CCN(c2cnccn2)CC1. The number of aryl methyl sites for hydroxylation is 1. The van der Waals surface area contributed by atoms with Crippen molar-refractivity contribution in [1.82, 2.24) is 15.3 Å². The van der Waals surface area contributed by atoms with Crippen LogP contribution in [-0.4, -0.2) is 35.0 Å². The lowest BCUT2D eigenvalue weighted by Crippen LogP contribution is -2.43. The molecule has 132 valence electrons. The Morgan fingerprint density at radius 1 is 1.24 bits per heavy atom. The highest BCUT2D eigenvalue weighted by Crippen LogP contribution is 2.21. The maximum Gasteiger partial charge on any atom is 0.223 e. The number of piperidine rings is 1. The van der Waals surface area contributed by atoms with E-state index >= 15 is 0 Å². The Morgan fingerprint density at radius 2 is 2.00 bits per heavy atom. The molecule has 1 aliphatic rings. The predicted octanol–water partition coefficient (Wildman–Crippen LogP) is 2.83. The number of hydrogen-bond donors (Lipinski definition) is 1. The van der Waals surface area contributed by atoms with Gasteiger partial charge in [0.2, 0.25) is 5.91 Å². The first-order chi connectivity index (χ1) is 12.2. The highest BCUT2D eigenvalue weighted by atomic mass is 16.1. The Hall–Kier alpha value is -2.43. The first-order valence-corrected chi connectivity index (χ1v) is 9.07. The smallest absolute Gasteiger partial charge is 0.223 e. The number of hydrogen-bond acceptors (Lipinski definition) is 4. The predicted molar refractivity (Wildman–Crippen MR) is 99.3 cm³/mol. The van der Waals surface area contributed by atoms with Crippen LogP contribution in [0.4, 0.5) is 5.82 Å². The quantitative estimate of drug-likeness (QED) is 0.880. The van der Waals surface area contributed by atoms with Gasteiger partial charge in [0.25, 0.3) is 0 Å². The summed E-state index contributed by atoms with van der Waals surface area (Å²) >= 11 is 0. The van der Waals surface area contributed by atoms with Crippen molar-refractivity contribution in [2.75, 3.05) is 18.0 Å². The van der Waals surface area contributed by atoms with E-state index in [-0.39, 0.29) is 17.9 Å². The lowest BCUT2D eigenvalue weighted by atomic mass is 9.95. The lowest BCUT2D eigenvalue weighted by molar-refractivity contribution is -0.126. The van der Waals surface area contributed by atoms with Crippen LogP contribution in [0.1, 0.15) is 31.7 Å². The zero-order valence-electron chi connectivity index (χ0n) is 14.8. The minimum atomic E-state index is 0.104. The summed E-state index contributed by atoms with van der Waals surface area (Å²) in [5, 5.41) is 3.19. The van der Waals surface area contributed by atoms with Gasteiger partial charge in [0.1, 0.15) is 5.82 Å². The van der Waals surface area contributed by atoms with Crippen LogP contribution in [0.15, 0.2) is 48.9 Å². The summed E-state index contributed by atoms with van der Waals surface area (Å²) in [5.41, 5.74) is 1.32. The molecule has 1 atom stereocenters. The summed E-state index contributed by atoms with van der Waals surface area (Å²) in [7, 11) is 0. The van der Waals surface area contributed by atoms with Crippen LogP contribution in [0, 0.1) is 5.92 Å². The summed E-state index contributed by atoms with van der Waals surface area (Å²) in [6, 6.07) is 10.6. The van der Waals surface area contributed by atoms with Crippen LogP contribution in [0.2, 0.25) is 0 Å². The molecule has 25 heavy (non-hydrogen) atoms. The van der Waals surface area contributed by atoms with E-state index in [9.17, 15) is 4.79 Å². The Labute approximate surface area is 149 Å². The molecule has 0 bridgehead atoms. The molecule has 1 aromatic heterocycles. The molecule has 1 N–H and O–H groups in total. The maximum absolute atomic E-state index is 12.5. The first-order valence-electron chi connectivity index (χ1n) is 9.07. The second-order valence-corrected chi connectivity index (χ2v) is 6.76. The van der Waals surface area contributed by atoms with Crippen LogP contribution in [0.3, 0.4) is 0 Å². The molecule has 1 unspecified atom stereocenters. The van der Waals surface area contributed by atoms with Crippen molar-refractivity contribution >= 4 is 11.7 Å². The van der Waals surface area contributed by atoms with Crippen molar-refractivity contribution < 1.29 is 4.79 Å². The molecular weight excluding hydrogens is 312 g/mol. The van der Waals surface area contributed by atoms with Crippen LogP contribution in [0.5, 0.6) is 0 Å². The van der Waals surface area contributed by atoms with Gasteiger partial charge in [-0.1, -0.05) is 30.3 Å². The average Bonchev–Trinajstić information content (AvgIpc) is 2.68. The van der Waals surface area contributed by atoms with Gasteiger partial charge in [0, 0.05) is 37.4 Å². The van der Waals surface area contributed by atoms with Gasteiger partial charge >= 0.3 is 0 Å². The second kappa shape index (κ2) is 8.60. The van der Waals surface area contributed by atoms with Gasteiger partial charge in [-0.05, 0) is 38.2 Å². The minimum Gasteiger partial charge on any atom is -0.355 e. The van der Waals surface area contributed by atoms with Crippen LogP contribution >= 0.6 is 0 Å². The molecule has 1 aliphatic heterocycles. The Balaban J connectivity index is 1.41. The minimum absolute atomic E-state index is 0.104. The number of benzene rings is 1. The summed E-state index contributed by atoms with van der Waals surface area (Å²) in [4.78, 5) is 23.2. The number of carbonyl (C=O) groups excluding carboxylic acids is 1. The van der Waals surface area contributed by atoms with Crippen molar-refractivity contribution in [2.45, 2.75) is 38.6 Å². The van der Waals surface area contributed by atoms with E-state index in [4.69, 9.17) is 0 Å². The van der Waals surface area contributed by atoms with Crippen LogP contribution in [0.25, 0.3) is 0 Å². The third kappa shape index (κ3) is 5.02. The average molecular weight is 338 g/mol. The molecule has 0 saturated carbocycles. The molecule has 0 spiro atoms. The summed E-state index contributed by atoms with van der Waals surface area (Å²) in [5.74, 6) is 1.20. The number of amides is 1. The summed E-state index contributed by atoms with van der Waals surface area (Å²) in [6.07, 6.45) is 8.87. The lowest BCUT2D eigenvalue weighted by Gasteiger charge is -2.32. The van der Waals surface area contributed by atoms with E-state index in [0.717, 1.165) is 44.6 Å². The van der Waals surface area contributed by atoms with Gasteiger partial charge in [0.05, 0.1) is 6.20 Å². The number of carbonyl (C=O) groups is 1. The first kappa shape index (κ1) is 17.4. The molecule has 1 saturated heterocycles. The fraction of sp³-hybridized carbons (Fsp3) is 0.450. The standard InChI is InChI=1S/C20H26N4O/c1-16(7-8-17-5-3-2-4-6-17)23-20(25)18-9-13-24(14-10-18)19-15-21-11-12-22-19/h2-6,11-12,15-16,18H,7-10,13-14H2,1H3,(H,23,25). The van der Waals surface area contributed by atoms with Gasteiger partial charge < -0.3 is 10.2 Å². The highest BCUT2D eigenvalue weighted by Gasteiger charge is 2.26. The third-order valence-corrected chi connectivity index (χ3v) is 4.84. The van der Waals surface area contributed by atoms with Crippen LogP contribution < -0.4 is 10.2 Å². The number of nitrogens with one attached hydrogen (secondary N) is 1. The van der Waals surface area contributed by atoms with Crippen molar-refractivity contribution in [3.8, 4) is 0 Å². The normalized spacial score (nSPS) is 16.4. The molecule has 5 nitrogen and oxygen atoms in total. The van der Waals surface area contributed by atoms with Crippen molar-refractivity contribution in [3.63, 3.8) is 0 Å². The van der Waals surface area contributed by atoms with Crippen molar-refractivity contribution in [2.24, 2.45) is 5.92 Å². The van der Waals surface area contributed by atoms with E-state index in [0.29, 0.717) is 0 Å². The summed E-state index contributed by atoms with van der Waals surface area (Å²) in [6.45, 7) is 3.81. The molecule has 1 aromatic carbocycles. The molecular formula is C20H26N4O. The van der Waals surface area contributed by atoms with Gasteiger partial charge in [0.15, 0.2) is 0 Å². The van der Waals surface area contributed by atoms with Crippen molar-refractivity contribution in [1.29, 1.82) is 0 Å². The molecule has 3 rings (SSSR count). The van der Waals surface area contributed by atoms with Gasteiger partial charge in [-0.25, -0.2) is 4.98 Å². The zero-order valence-corrected chi connectivity index (χ0v) is 14.8. The molecule has 5 heteroatoms. The largest absolute Gasteiger partial charge is 0.355 e. The van der Waals surface area contributed by atoms with Crippen LogP contribution in [-0.2, 0) is 11.2 Å². The highest BCUT2D eigenvalue weighted by molar-refractivity contribution is 5.79. The number of nitrogens with zero attached hydrogens (tertiary/aromatic N) is 3. The molecule has 2 heterocycles. The van der Waals surface area contributed by atoms with Crippen molar-refractivity contribution in [3.05, 3.63) is 54.5 Å². The van der Waals surface area contributed by atoms with E-state index in [2.05, 4.69) is 51.4 Å². The van der Waals surface area contributed by atoms with E-state index in [1.54, 1.807) is 18.6 Å². The van der Waals surface area contributed by atoms with Gasteiger partial charge in [-0.15, -0.1) is 0 Å². The number of aromatic nitrogens is 2. The second-order valence-electron chi connectivity index (χ2n) is 6.76. The monoisotopic (exact) mass is 338 g/mol. The maximum atomic E-state index is 12.5. The molecule has 1 amide bonds. The summed E-state index contributed by atoms with van der Waals surface area (Å²) < 4.78 is 0. The molecule has 2 aromatic rings. The third-order valence-electron chi connectivity index (χ3n) is 4.84.